The van der Waals surface area contributed by atoms with E-state index >= 15 is 0 Å². The average Bonchev–Trinajstić information content (AvgIpc) is 3.32. The molecule has 1 unspecified atom stereocenters. The summed E-state index contributed by atoms with van der Waals surface area (Å²) in [5.41, 5.74) is 1.12. The Kier molecular flexibility index (Phi) is 3.69. The molecular weight excluding hydrogens is 294 g/mol. The minimum atomic E-state index is 0.133. The van der Waals surface area contributed by atoms with Gasteiger partial charge in [-0.15, -0.1) is 0 Å². The van der Waals surface area contributed by atoms with Crippen LogP contribution in [0, 0.1) is 0 Å². The lowest BCUT2D eigenvalue weighted by molar-refractivity contribution is -0.132. The van der Waals surface area contributed by atoms with Crippen LogP contribution in [-0.4, -0.2) is 24.1 Å². The van der Waals surface area contributed by atoms with Gasteiger partial charge in [-0.05, 0) is 42.7 Å². The zero-order valence-electron chi connectivity index (χ0n) is 12.9. The van der Waals surface area contributed by atoms with Gasteiger partial charge < -0.3 is 18.8 Å². The summed E-state index contributed by atoms with van der Waals surface area (Å²) in [4.78, 5) is 14.6. The number of furan rings is 1. The van der Waals surface area contributed by atoms with Gasteiger partial charge in [0.25, 0.3) is 0 Å². The third-order valence-corrected chi connectivity index (χ3v) is 4.52. The van der Waals surface area contributed by atoms with Crippen molar-refractivity contribution >= 4 is 5.91 Å². The fourth-order valence-electron chi connectivity index (χ4n) is 3.36. The van der Waals surface area contributed by atoms with Crippen molar-refractivity contribution in [2.75, 3.05) is 13.3 Å². The largest absolute Gasteiger partial charge is 0.469 e. The van der Waals surface area contributed by atoms with Crippen molar-refractivity contribution in [1.29, 1.82) is 0 Å². The molecule has 23 heavy (non-hydrogen) atoms. The van der Waals surface area contributed by atoms with Crippen LogP contribution in [0.5, 0.6) is 11.5 Å². The van der Waals surface area contributed by atoms with Gasteiger partial charge in [0.1, 0.15) is 5.76 Å². The van der Waals surface area contributed by atoms with Crippen LogP contribution in [0.15, 0.2) is 41.0 Å². The molecular formula is C18H19NO4. The molecule has 2 aliphatic heterocycles. The van der Waals surface area contributed by atoms with Gasteiger partial charge in [0.2, 0.25) is 12.7 Å². The summed E-state index contributed by atoms with van der Waals surface area (Å²) in [6.45, 7) is 1.09. The number of carbonyl (C=O) groups excluding carboxylic acids is 1. The summed E-state index contributed by atoms with van der Waals surface area (Å²) in [5.74, 6) is 2.60. The number of rotatable bonds is 4. The van der Waals surface area contributed by atoms with Crippen LogP contribution >= 0.6 is 0 Å². The summed E-state index contributed by atoms with van der Waals surface area (Å²) >= 11 is 0. The van der Waals surface area contributed by atoms with Gasteiger partial charge in [0.15, 0.2) is 11.5 Å². The minimum absolute atomic E-state index is 0.133. The summed E-state index contributed by atoms with van der Waals surface area (Å²) in [5, 5.41) is 0. The van der Waals surface area contributed by atoms with Gasteiger partial charge >= 0.3 is 0 Å². The monoisotopic (exact) mass is 313 g/mol. The highest BCUT2D eigenvalue weighted by Crippen LogP contribution is 2.39. The summed E-state index contributed by atoms with van der Waals surface area (Å²) < 4.78 is 16.1. The van der Waals surface area contributed by atoms with E-state index in [9.17, 15) is 4.79 Å². The van der Waals surface area contributed by atoms with Crippen LogP contribution in [0.4, 0.5) is 0 Å². The second kappa shape index (κ2) is 5.99. The number of ether oxygens (including phenoxy) is 2. The Hall–Kier alpha value is -2.43. The van der Waals surface area contributed by atoms with Crippen LogP contribution in [0.2, 0.25) is 0 Å². The molecule has 5 heteroatoms. The Balaban J connectivity index is 1.46. The number of benzene rings is 1. The number of fused-ring (bicyclic) bond motifs is 1. The SMILES string of the molecule is O=C(CCc1ccco1)N1CCCC1c1ccc2c(c1)OCO2. The molecule has 1 amide bonds. The number of likely N-dealkylation sites (tertiary alicyclic amines) is 1. The van der Waals surface area contributed by atoms with Crippen LogP contribution in [0.1, 0.15) is 36.6 Å². The number of amides is 1. The van der Waals surface area contributed by atoms with Crippen molar-refractivity contribution in [3.05, 3.63) is 47.9 Å². The van der Waals surface area contributed by atoms with Gasteiger partial charge in [-0.2, -0.15) is 0 Å². The van der Waals surface area contributed by atoms with E-state index in [1.807, 2.05) is 35.2 Å². The van der Waals surface area contributed by atoms with Gasteiger partial charge in [-0.25, -0.2) is 0 Å². The first-order valence-corrected chi connectivity index (χ1v) is 8.02. The fraction of sp³-hybridized carbons (Fsp3) is 0.389. The fourth-order valence-corrected chi connectivity index (χ4v) is 3.36. The highest BCUT2D eigenvalue weighted by Gasteiger charge is 2.30. The van der Waals surface area contributed by atoms with Crippen molar-refractivity contribution in [3.63, 3.8) is 0 Å². The van der Waals surface area contributed by atoms with Crippen LogP contribution in [-0.2, 0) is 11.2 Å². The number of hydrogen-bond donors (Lipinski definition) is 0. The zero-order valence-corrected chi connectivity index (χ0v) is 12.9. The van der Waals surface area contributed by atoms with Crippen molar-refractivity contribution in [1.82, 2.24) is 4.90 Å². The van der Waals surface area contributed by atoms with E-state index in [0.717, 1.165) is 42.2 Å². The number of carbonyl (C=O) groups is 1. The van der Waals surface area contributed by atoms with Crippen molar-refractivity contribution in [3.8, 4) is 11.5 Å². The molecule has 4 rings (SSSR count). The highest BCUT2D eigenvalue weighted by molar-refractivity contribution is 5.77. The Morgan fingerprint density at radius 3 is 3.00 bits per heavy atom. The predicted molar refractivity (Wildman–Crippen MR) is 83.3 cm³/mol. The molecule has 0 bridgehead atoms. The lowest BCUT2D eigenvalue weighted by Crippen LogP contribution is -2.30. The van der Waals surface area contributed by atoms with E-state index in [4.69, 9.17) is 13.9 Å². The topological polar surface area (TPSA) is 51.9 Å². The number of hydrogen-bond acceptors (Lipinski definition) is 4. The maximum atomic E-state index is 12.6. The van der Waals surface area contributed by atoms with Crippen molar-refractivity contribution in [2.45, 2.75) is 31.7 Å². The maximum absolute atomic E-state index is 12.6. The first-order valence-electron chi connectivity index (χ1n) is 8.02. The summed E-state index contributed by atoms with van der Waals surface area (Å²) in [7, 11) is 0. The molecule has 0 aliphatic carbocycles. The molecule has 1 fully saturated rings. The molecule has 0 saturated carbocycles. The minimum Gasteiger partial charge on any atom is -0.469 e. The summed E-state index contributed by atoms with van der Waals surface area (Å²) in [6, 6.07) is 9.87. The van der Waals surface area contributed by atoms with Crippen molar-refractivity contribution < 1.29 is 18.7 Å². The molecule has 1 aromatic heterocycles. The van der Waals surface area contributed by atoms with E-state index in [2.05, 4.69) is 0 Å². The van der Waals surface area contributed by atoms with E-state index < -0.39 is 0 Å². The van der Waals surface area contributed by atoms with Gasteiger partial charge in [-0.1, -0.05) is 6.07 Å². The first kappa shape index (κ1) is 14.2. The molecule has 0 radical (unpaired) electrons. The van der Waals surface area contributed by atoms with Crippen LogP contribution in [0.25, 0.3) is 0 Å². The molecule has 1 atom stereocenters. The molecule has 5 nitrogen and oxygen atoms in total. The first-order chi connectivity index (χ1) is 11.3. The molecule has 2 aliphatic rings. The normalized spacial score (nSPS) is 19.3. The number of aryl methyl sites for hydroxylation is 1. The molecule has 3 heterocycles. The Bertz CT molecular complexity index is 695. The molecule has 0 spiro atoms. The van der Waals surface area contributed by atoms with Crippen LogP contribution in [0.3, 0.4) is 0 Å². The summed E-state index contributed by atoms with van der Waals surface area (Å²) in [6.07, 6.45) is 4.80. The predicted octanol–water partition coefficient (Wildman–Crippen LogP) is 3.30. The molecule has 120 valence electrons. The highest BCUT2D eigenvalue weighted by atomic mass is 16.7. The van der Waals surface area contributed by atoms with Gasteiger partial charge in [0, 0.05) is 19.4 Å². The Morgan fingerprint density at radius 2 is 2.13 bits per heavy atom. The molecule has 0 N–H and O–H groups in total. The smallest absolute Gasteiger partial charge is 0.231 e. The van der Waals surface area contributed by atoms with Gasteiger partial charge in [0.05, 0.1) is 12.3 Å². The molecule has 1 saturated heterocycles. The Labute approximate surface area is 134 Å². The second-order valence-corrected chi connectivity index (χ2v) is 5.94. The average molecular weight is 313 g/mol. The molecule has 1 aromatic carbocycles. The standard InChI is InChI=1S/C18H19NO4/c20-18(8-6-14-3-2-10-21-14)19-9-1-4-15(19)13-5-7-16-17(11-13)23-12-22-16/h2-3,5,7,10-11,15H,1,4,6,8-9,12H2. The Morgan fingerprint density at radius 1 is 1.22 bits per heavy atom. The van der Waals surface area contributed by atoms with E-state index in [-0.39, 0.29) is 18.7 Å². The van der Waals surface area contributed by atoms with Crippen LogP contribution < -0.4 is 9.47 Å². The van der Waals surface area contributed by atoms with E-state index in [1.165, 1.54) is 0 Å². The second-order valence-electron chi connectivity index (χ2n) is 5.94. The molecule has 2 aromatic rings. The van der Waals surface area contributed by atoms with E-state index in [1.54, 1.807) is 6.26 Å². The van der Waals surface area contributed by atoms with Gasteiger partial charge in [-0.3, -0.25) is 4.79 Å². The zero-order chi connectivity index (χ0) is 15.6. The van der Waals surface area contributed by atoms with Crippen molar-refractivity contribution in [2.24, 2.45) is 0 Å². The third-order valence-electron chi connectivity index (χ3n) is 4.52. The number of nitrogens with zero attached hydrogens (tertiary/aromatic N) is 1. The lowest BCUT2D eigenvalue weighted by atomic mass is 10.0. The quantitative estimate of drug-likeness (QED) is 0.869. The lowest BCUT2D eigenvalue weighted by Gasteiger charge is -2.25. The third kappa shape index (κ3) is 2.79. The van der Waals surface area contributed by atoms with E-state index in [0.29, 0.717) is 12.8 Å². The maximum Gasteiger partial charge on any atom is 0.231 e.